The highest BCUT2D eigenvalue weighted by molar-refractivity contribution is 7.46. The van der Waals surface area contributed by atoms with Gasteiger partial charge in [0.15, 0.2) is 0 Å². The Morgan fingerprint density at radius 1 is 1.12 bits per heavy atom. The highest BCUT2D eigenvalue weighted by atomic mass is 35.7. The van der Waals surface area contributed by atoms with Crippen LogP contribution >= 0.6 is 22.2 Å². The van der Waals surface area contributed by atoms with E-state index in [4.69, 9.17) is 22.2 Å². The molecule has 0 fully saturated rings. The molecule has 0 aromatic carbocycles. The maximum Gasteiger partial charge on any atom is 0.253 e. The van der Waals surface area contributed by atoms with Crippen LogP contribution in [0.4, 0.5) is 0 Å². The molecule has 8 heavy (non-hydrogen) atoms. The summed E-state index contributed by atoms with van der Waals surface area (Å²) in [5, 5.41) is 0.107. The molecule has 3 heteroatoms. The highest BCUT2D eigenvalue weighted by Crippen LogP contribution is 2.41. The van der Waals surface area contributed by atoms with Crippen LogP contribution in [0.5, 0.6) is 0 Å². The van der Waals surface area contributed by atoms with E-state index < -0.39 is 6.69 Å². The van der Waals surface area contributed by atoms with Crippen LogP contribution in [0.15, 0.2) is 0 Å². The van der Waals surface area contributed by atoms with E-state index in [9.17, 15) is 0 Å². The van der Waals surface area contributed by atoms with Crippen molar-refractivity contribution in [3.63, 3.8) is 0 Å². The van der Waals surface area contributed by atoms with E-state index in [1.807, 2.05) is 6.55 Å². The second-order valence-corrected chi connectivity index (χ2v) is 11.5. The van der Waals surface area contributed by atoms with Crippen LogP contribution in [0.3, 0.4) is 0 Å². The highest BCUT2D eigenvalue weighted by Gasteiger charge is 2.36. The number of halogens is 2. The van der Waals surface area contributed by atoms with Gasteiger partial charge < -0.3 is 0 Å². The van der Waals surface area contributed by atoms with Gasteiger partial charge in [-0.05, 0) is 11.6 Å². The Labute approximate surface area is 61.6 Å². The quantitative estimate of drug-likeness (QED) is 0.387. The fourth-order valence-corrected chi connectivity index (χ4v) is 0. The summed E-state index contributed by atoms with van der Waals surface area (Å²) in [5.74, 6) is 0. The van der Waals surface area contributed by atoms with E-state index >= 15 is 0 Å². The standard InChI is InChI=1S/C5H12Cl2Si/c1-5(2,3)8(4,6)7/h1-4H3. The van der Waals surface area contributed by atoms with Gasteiger partial charge in [0.25, 0.3) is 6.69 Å². The monoisotopic (exact) mass is 170 g/mol. The predicted octanol–water partition coefficient (Wildman–Crippen LogP) is 3.34. The van der Waals surface area contributed by atoms with Crippen LogP contribution in [0, 0.1) is 0 Å². The zero-order chi connectivity index (χ0) is 7.00. The molecular weight excluding hydrogens is 159 g/mol. The molecule has 0 saturated heterocycles. The molecule has 0 aliphatic carbocycles. The summed E-state index contributed by atoms with van der Waals surface area (Å²) in [4.78, 5) is 0. The normalized spacial score (nSPS) is 14.2. The Morgan fingerprint density at radius 2 is 1.25 bits per heavy atom. The summed E-state index contributed by atoms with van der Waals surface area (Å²) >= 11 is 11.8. The zero-order valence-electron chi connectivity index (χ0n) is 5.76. The fourth-order valence-electron chi connectivity index (χ4n) is 0. The Morgan fingerprint density at radius 3 is 1.25 bits per heavy atom. The molecule has 0 aliphatic heterocycles. The Kier molecular flexibility index (Phi) is 2.42. The first-order chi connectivity index (χ1) is 3.25. The van der Waals surface area contributed by atoms with Crippen molar-refractivity contribution in [3.05, 3.63) is 0 Å². The van der Waals surface area contributed by atoms with Gasteiger partial charge in [-0.2, -0.15) is 0 Å². The van der Waals surface area contributed by atoms with Gasteiger partial charge in [-0.25, -0.2) is 0 Å². The molecule has 50 valence electrons. The molecule has 0 N–H and O–H groups in total. The third-order valence-corrected chi connectivity index (χ3v) is 7.35. The van der Waals surface area contributed by atoms with Gasteiger partial charge >= 0.3 is 0 Å². The van der Waals surface area contributed by atoms with Crippen LogP contribution in [-0.4, -0.2) is 6.69 Å². The first kappa shape index (κ1) is 8.80. The number of hydrogen-bond acceptors (Lipinski definition) is 0. The second-order valence-electron chi connectivity index (χ2n) is 3.14. The molecule has 0 radical (unpaired) electrons. The van der Waals surface area contributed by atoms with E-state index in [0.29, 0.717) is 0 Å². The lowest BCUT2D eigenvalue weighted by Crippen LogP contribution is -2.27. The average Bonchev–Trinajstić information content (AvgIpc) is 1.25. The summed E-state index contributed by atoms with van der Waals surface area (Å²) < 4.78 is 0. The smallest absolute Gasteiger partial charge is 0.146 e. The molecule has 0 nitrogen and oxygen atoms in total. The van der Waals surface area contributed by atoms with E-state index in [1.54, 1.807) is 0 Å². The molecule has 0 saturated carbocycles. The van der Waals surface area contributed by atoms with Crippen LogP contribution in [0.25, 0.3) is 0 Å². The molecule has 0 atom stereocenters. The van der Waals surface area contributed by atoms with E-state index in [0.717, 1.165) is 0 Å². The Balaban J connectivity index is 4.02. The van der Waals surface area contributed by atoms with E-state index in [2.05, 4.69) is 20.8 Å². The number of hydrogen-bond donors (Lipinski definition) is 0. The lowest BCUT2D eigenvalue weighted by Gasteiger charge is -2.26. The zero-order valence-corrected chi connectivity index (χ0v) is 8.27. The molecule has 0 unspecified atom stereocenters. The maximum atomic E-state index is 5.91. The molecule has 0 aromatic rings. The molecule has 0 spiro atoms. The largest absolute Gasteiger partial charge is 0.253 e. The minimum atomic E-state index is -1.91. The lowest BCUT2D eigenvalue weighted by molar-refractivity contribution is 0.745. The Bertz CT molecular complexity index is 65.4. The van der Waals surface area contributed by atoms with Gasteiger partial charge in [-0.15, -0.1) is 22.2 Å². The molecule has 0 rings (SSSR count). The van der Waals surface area contributed by atoms with Crippen molar-refractivity contribution in [2.24, 2.45) is 0 Å². The molecule has 0 aromatic heterocycles. The van der Waals surface area contributed by atoms with Crippen LogP contribution < -0.4 is 0 Å². The second kappa shape index (κ2) is 2.20. The SMILES string of the molecule is CC(C)(C)[Si](C)(Cl)Cl. The van der Waals surface area contributed by atoms with Crippen LogP contribution in [0.1, 0.15) is 20.8 Å². The summed E-state index contributed by atoms with van der Waals surface area (Å²) in [7, 11) is 0. The van der Waals surface area contributed by atoms with Gasteiger partial charge in [-0.3, -0.25) is 0 Å². The van der Waals surface area contributed by atoms with Gasteiger partial charge in [0.1, 0.15) is 0 Å². The van der Waals surface area contributed by atoms with Crippen LogP contribution in [0.2, 0.25) is 11.6 Å². The minimum absolute atomic E-state index is 0.107. The predicted molar refractivity (Wildman–Crippen MR) is 43.0 cm³/mol. The first-order valence-electron chi connectivity index (χ1n) is 2.63. The summed E-state index contributed by atoms with van der Waals surface area (Å²) in [6, 6.07) is 0. The molecule has 0 amide bonds. The van der Waals surface area contributed by atoms with Crippen molar-refractivity contribution >= 4 is 28.9 Å². The van der Waals surface area contributed by atoms with Crippen molar-refractivity contribution in [1.29, 1.82) is 0 Å². The Hall–Kier alpha value is 0.797. The van der Waals surface area contributed by atoms with Crippen molar-refractivity contribution < 1.29 is 0 Å². The van der Waals surface area contributed by atoms with Crippen molar-refractivity contribution in [3.8, 4) is 0 Å². The molecule has 0 aliphatic rings. The minimum Gasteiger partial charge on any atom is -0.146 e. The van der Waals surface area contributed by atoms with E-state index in [1.165, 1.54) is 0 Å². The lowest BCUT2D eigenvalue weighted by atomic mass is 10.3. The third kappa shape index (κ3) is 2.38. The van der Waals surface area contributed by atoms with Gasteiger partial charge in [0.05, 0.1) is 0 Å². The topological polar surface area (TPSA) is 0 Å². The summed E-state index contributed by atoms with van der Waals surface area (Å²) in [5.41, 5.74) is 0. The molecule has 0 bridgehead atoms. The van der Waals surface area contributed by atoms with Gasteiger partial charge in [0, 0.05) is 0 Å². The number of rotatable bonds is 0. The van der Waals surface area contributed by atoms with Gasteiger partial charge in [0.2, 0.25) is 0 Å². The summed E-state index contributed by atoms with van der Waals surface area (Å²) in [6.07, 6.45) is 0. The third-order valence-electron chi connectivity index (χ3n) is 1.32. The fraction of sp³-hybridized carbons (Fsp3) is 1.00. The van der Waals surface area contributed by atoms with E-state index in [-0.39, 0.29) is 5.04 Å². The van der Waals surface area contributed by atoms with Crippen molar-refractivity contribution in [1.82, 2.24) is 0 Å². The van der Waals surface area contributed by atoms with Crippen molar-refractivity contribution in [2.45, 2.75) is 32.4 Å². The van der Waals surface area contributed by atoms with Crippen molar-refractivity contribution in [2.75, 3.05) is 0 Å². The first-order valence-corrected chi connectivity index (χ1v) is 7.15. The van der Waals surface area contributed by atoms with Crippen LogP contribution in [-0.2, 0) is 0 Å². The molecular formula is C5H12Cl2Si. The van der Waals surface area contributed by atoms with Gasteiger partial charge in [-0.1, -0.05) is 20.8 Å². The average molecular weight is 171 g/mol. The molecule has 0 heterocycles. The summed E-state index contributed by atoms with van der Waals surface area (Å²) in [6.45, 7) is 6.23. The maximum absolute atomic E-state index is 5.91.